The Balaban J connectivity index is 1.58. The largest absolute Gasteiger partial charge is 0.502 e. The van der Waals surface area contributed by atoms with E-state index < -0.39 is 23.4 Å². The Kier molecular flexibility index (Phi) is 4.03. The second kappa shape index (κ2) is 6.39. The second-order valence-electron chi connectivity index (χ2n) is 6.52. The summed E-state index contributed by atoms with van der Waals surface area (Å²) < 4.78 is 15.1. The smallest absolute Gasteiger partial charge is 0.296 e. The Bertz CT molecular complexity index is 1100. The number of amides is 2. The maximum absolute atomic E-state index is 13.1. The summed E-state index contributed by atoms with van der Waals surface area (Å²) >= 11 is 0. The van der Waals surface area contributed by atoms with Gasteiger partial charge in [-0.3, -0.25) is 14.5 Å². The third kappa shape index (κ3) is 2.79. The van der Waals surface area contributed by atoms with Crippen molar-refractivity contribution < 1.29 is 19.1 Å². The predicted octanol–water partition coefficient (Wildman–Crippen LogP) is 3.20. The summed E-state index contributed by atoms with van der Waals surface area (Å²) in [5.41, 5.74) is 2.32. The summed E-state index contributed by atoms with van der Waals surface area (Å²) in [7, 11) is 1.94. The third-order valence-corrected chi connectivity index (χ3v) is 4.86. The van der Waals surface area contributed by atoms with Crippen LogP contribution in [-0.4, -0.2) is 32.9 Å². The minimum absolute atomic E-state index is 0.0853. The van der Waals surface area contributed by atoms with Crippen LogP contribution in [0.4, 0.5) is 4.39 Å². The van der Waals surface area contributed by atoms with Crippen LogP contribution >= 0.6 is 0 Å². The van der Waals surface area contributed by atoms with Gasteiger partial charge >= 0.3 is 0 Å². The molecular formula is C21H17FN2O3. The number of aliphatic hydroxyl groups excluding tert-OH is 1. The molecule has 3 aromatic rings. The highest BCUT2D eigenvalue weighted by Gasteiger charge is 2.38. The Morgan fingerprint density at radius 3 is 2.44 bits per heavy atom. The van der Waals surface area contributed by atoms with E-state index in [0.717, 1.165) is 21.4 Å². The zero-order valence-electron chi connectivity index (χ0n) is 14.6. The molecule has 0 radical (unpaired) electrons. The average molecular weight is 364 g/mol. The van der Waals surface area contributed by atoms with Gasteiger partial charge in [0.1, 0.15) is 5.82 Å². The number of hydrogen-bond acceptors (Lipinski definition) is 3. The first-order valence-corrected chi connectivity index (χ1v) is 8.55. The number of nitrogens with zero attached hydrogens (tertiary/aromatic N) is 2. The molecular weight excluding hydrogens is 347 g/mol. The number of para-hydroxylation sites is 1. The van der Waals surface area contributed by atoms with Gasteiger partial charge in [-0.05, 0) is 35.7 Å². The summed E-state index contributed by atoms with van der Waals surface area (Å²) in [6.07, 6.45) is 2.45. The molecule has 1 aromatic heterocycles. The van der Waals surface area contributed by atoms with Gasteiger partial charge in [0.25, 0.3) is 11.8 Å². The van der Waals surface area contributed by atoms with Gasteiger partial charge in [-0.2, -0.15) is 0 Å². The Labute approximate surface area is 154 Å². The molecule has 0 bridgehead atoms. The van der Waals surface area contributed by atoms with E-state index in [1.165, 1.54) is 24.3 Å². The predicted molar refractivity (Wildman–Crippen MR) is 99.3 cm³/mol. The molecule has 0 saturated carbocycles. The van der Waals surface area contributed by atoms with E-state index >= 15 is 0 Å². The molecule has 1 aliphatic heterocycles. The van der Waals surface area contributed by atoms with Gasteiger partial charge in [0, 0.05) is 30.7 Å². The lowest BCUT2D eigenvalue weighted by atomic mass is 10.1. The average Bonchev–Trinajstić information content (AvgIpc) is 3.09. The van der Waals surface area contributed by atoms with Crippen LogP contribution in [0.2, 0.25) is 0 Å². The molecule has 27 heavy (non-hydrogen) atoms. The number of fused-ring (bicyclic) bond motifs is 1. The van der Waals surface area contributed by atoms with Crippen molar-refractivity contribution in [3.05, 3.63) is 77.4 Å². The van der Waals surface area contributed by atoms with Gasteiger partial charge in [-0.1, -0.05) is 30.3 Å². The standard InChI is InChI=1S/C21H17FN2O3/c1-23-12-14(16-4-2-3-5-17(16)23)10-11-24-20(26)18(19(25)21(24)27)13-6-8-15(22)9-7-13/h2-9,12,25H,10-11H2,1H3. The Hall–Kier alpha value is -3.41. The molecule has 0 fully saturated rings. The number of aliphatic hydroxyl groups is 1. The lowest BCUT2D eigenvalue weighted by Crippen LogP contribution is -2.33. The van der Waals surface area contributed by atoms with Gasteiger partial charge in [0.2, 0.25) is 0 Å². The minimum Gasteiger partial charge on any atom is -0.502 e. The third-order valence-electron chi connectivity index (χ3n) is 4.86. The lowest BCUT2D eigenvalue weighted by Gasteiger charge is -2.14. The van der Waals surface area contributed by atoms with Gasteiger partial charge in [-0.25, -0.2) is 4.39 Å². The number of halogens is 1. The summed E-state index contributed by atoms with van der Waals surface area (Å²) in [6, 6.07) is 13.0. The highest BCUT2D eigenvalue weighted by molar-refractivity contribution is 6.34. The first kappa shape index (κ1) is 17.0. The number of hydrogen-bond donors (Lipinski definition) is 1. The summed E-state index contributed by atoms with van der Waals surface area (Å²) in [5.74, 6) is -2.34. The van der Waals surface area contributed by atoms with E-state index in [1.807, 2.05) is 42.1 Å². The van der Waals surface area contributed by atoms with Crippen molar-refractivity contribution in [3.63, 3.8) is 0 Å². The molecule has 0 atom stereocenters. The second-order valence-corrected chi connectivity index (χ2v) is 6.52. The van der Waals surface area contributed by atoms with Crippen LogP contribution in [0.15, 0.2) is 60.5 Å². The van der Waals surface area contributed by atoms with Crippen molar-refractivity contribution in [2.45, 2.75) is 6.42 Å². The number of benzene rings is 2. The van der Waals surface area contributed by atoms with Gasteiger partial charge < -0.3 is 9.67 Å². The molecule has 5 nitrogen and oxygen atoms in total. The van der Waals surface area contributed by atoms with Crippen LogP contribution < -0.4 is 0 Å². The molecule has 0 spiro atoms. The highest BCUT2D eigenvalue weighted by atomic mass is 19.1. The fourth-order valence-corrected chi connectivity index (χ4v) is 3.50. The van der Waals surface area contributed by atoms with E-state index in [2.05, 4.69) is 0 Å². The van der Waals surface area contributed by atoms with Crippen molar-refractivity contribution in [2.24, 2.45) is 7.05 Å². The first-order valence-electron chi connectivity index (χ1n) is 8.55. The Morgan fingerprint density at radius 1 is 1.00 bits per heavy atom. The summed E-state index contributed by atoms with van der Waals surface area (Å²) in [4.78, 5) is 26.1. The number of imide groups is 1. The fraction of sp³-hybridized carbons (Fsp3) is 0.143. The van der Waals surface area contributed by atoms with E-state index in [4.69, 9.17) is 0 Å². The van der Waals surface area contributed by atoms with E-state index in [0.29, 0.717) is 12.0 Å². The molecule has 2 aromatic carbocycles. The lowest BCUT2D eigenvalue weighted by molar-refractivity contribution is -0.138. The quantitative estimate of drug-likeness (QED) is 0.723. The number of aryl methyl sites for hydroxylation is 1. The van der Waals surface area contributed by atoms with Crippen molar-refractivity contribution in [1.82, 2.24) is 9.47 Å². The van der Waals surface area contributed by atoms with Crippen LogP contribution in [0.5, 0.6) is 0 Å². The minimum atomic E-state index is -0.723. The van der Waals surface area contributed by atoms with E-state index in [9.17, 15) is 19.1 Å². The molecule has 1 N–H and O–H groups in total. The van der Waals surface area contributed by atoms with Crippen molar-refractivity contribution in [3.8, 4) is 0 Å². The molecule has 0 aliphatic carbocycles. The normalized spacial score (nSPS) is 14.7. The van der Waals surface area contributed by atoms with Gasteiger partial charge in [0.05, 0.1) is 5.57 Å². The van der Waals surface area contributed by atoms with Gasteiger partial charge in [0.15, 0.2) is 5.76 Å². The molecule has 4 rings (SSSR count). The molecule has 0 unspecified atom stereocenters. The van der Waals surface area contributed by atoms with Crippen molar-refractivity contribution in [1.29, 1.82) is 0 Å². The maximum Gasteiger partial charge on any atom is 0.296 e. The maximum atomic E-state index is 13.1. The number of carbonyl (C=O) groups excluding carboxylic acids is 2. The van der Waals surface area contributed by atoms with Crippen molar-refractivity contribution in [2.75, 3.05) is 6.54 Å². The van der Waals surface area contributed by atoms with Crippen molar-refractivity contribution >= 4 is 28.3 Å². The SMILES string of the molecule is Cn1cc(CCN2C(=O)C(O)=C(c3ccc(F)cc3)C2=O)c2ccccc21. The molecule has 0 saturated heterocycles. The monoisotopic (exact) mass is 364 g/mol. The van der Waals surface area contributed by atoms with Crippen LogP contribution in [0.25, 0.3) is 16.5 Å². The van der Waals surface area contributed by atoms with Crippen LogP contribution in [0.3, 0.4) is 0 Å². The zero-order chi connectivity index (χ0) is 19.1. The zero-order valence-corrected chi connectivity index (χ0v) is 14.6. The Morgan fingerprint density at radius 2 is 1.70 bits per heavy atom. The van der Waals surface area contributed by atoms with E-state index in [1.54, 1.807) is 0 Å². The molecule has 1 aliphatic rings. The highest BCUT2D eigenvalue weighted by Crippen LogP contribution is 2.29. The number of aromatic nitrogens is 1. The molecule has 6 heteroatoms. The fourth-order valence-electron chi connectivity index (χ4n) is 3.50. The topological polar surface area (TPSA) is 62.5 Å². The molecule has 2 heterocycles. The first-order chi connectivity index (χ1) is 13.0. The van der Waals surface area contributed by atoms with Crippen LogP contribution in [0, 0.1) is 5.82 Å². The molecule has 136 valence electrons. The van der Waals surface area contributed by atoms with E-state index in [-0.39, 0.29) is 12.1 Å². The number of rotatable bonds is 4. The van der Waals surface area contributed by atoms with Gasteiger partial charge in [-0.15, -0.1) is 0 Å². The summed E-state index contributed by atoms with van der Waals surface area (Å²) in [5, 5.41) is 11.2. The van der Waals surface area contributed by atoms with Crippen LogP contribution in [-0.2, 0) is 23.1 Å². The van der Waals surface area contributed by atoms with Crippen LogP contribution in [0.1, 0.15) is 11.1 Å². The number of carbonyl (C=O) groups is 2. The molecule has 2 amide bonds. The summed E-state index contributed by atoms with van der Waals surface area (Å²) in [6.45, 7) is 0.153.